The van der Waals surface area contributed by atoms with Gasteiger partial charge in [-0.15, -0.1) is 0 Å². The standard InChI is InChI=1S/C31H60NO8P/c1-3-5-7-9-11-12-13-14-15-16-18-20-22-24-31(34)40-29(28-39-41(35,36)38-26-25-32)27-37-30(33)23-21-19-17-10-8-6-4-2/h12-13,29H,3-11,14-28,32H2,1-2H3,(H,35,36)/b13-12+/t29-/m1/s1. The largest absolute Gasteiger partial charge is 0.472 e. The number of hydrogen-bond donors (Lipinski definition) is 2. The Hall–Kier alpha value is -1.25. The van der Waals surface area contributed by atoms with Gasteiger partial charge in [0.2, 0.25) is 0 Å². The van der Waals surface area contributed by atoms with Gasteiger partial charge in [0, 0.05) is 19.4 Å². The zero-order valence-electron chi connectivity index (χ0n) is 26.0. The van der Waals surface area contributed by atoms with Crippen LogP contribution in [0.1, 0.15) is 142 Å². The molecular formula is C31H60NO8P. The molecule has 41 heavy (non-hydrogen) atoms. The van der Waals surface area contributed by atoms with Crippen LogP contribution in [-0.2, 0) is 32.7 Å². The number of hydrogen-bond acceptors (Lipinski definition) is 8. The van der Waals surface area contributed by atoms with Crippen LogP contribution < -0.4 is 5.73 Å². The van der Waals surface area contributed by atoms with Crippen LogP contribution in [0.3, 0.4) is 0 Å². The van der Waals surface area contributed by atoms with E-state index in [4.69, 9.17) is 24.3 Å². The molecule has 9 nitrogen and oxygen atoms in total. The lowest BCUT2D eigenvalue weighted by molar-refractivity contribution is -0.161. The summed E-state index contributed by atoms with van der Waals surface area (Å²) < 4.78 is 32.4. The third kappa shape index (κ3) is 28.6. The minimum absolute atomic E-state index is 0.0539. The van der Waals surface area contributed by atoms with Gasteiger partial charge in [0.1, 0.15) is 6.61 Å². The van der Waals surface area contributed by atoms with E-state index in [1.165, 1.54) is 57.8 Å². The van der Waals surface area contributed by atoms with Gasteiger partial charge in [-0.25, -0.2) is 4.57 Å². The number of ether oxygens (including phenoxy) is 2. The first-order chi connectivity index (χ1) is 19.8. The molecule has 0 aromatic carbocycles. The molecule has 0 aliphatic rings. The first-order valence-electron chi connectivity index (χ1n) is 16.2. The van der Waals surface area contributed by atoms with Crippen LogP contribution in [0.2, 0.25) is 0 Å². The van der Waals surface area contributed by atoms with Gasteiger partial charge in [0.15, 0.2) is 6.10 Å². The molecule has 2 atom stereocenters. The van der Waals surface area contributed by atoms with Crippen molar-refractivity contribution >= 4 is 19.8 Å². The normalized spacial score (nSPS) is 13.8. The number of allylic oxidation sites excluding steroid dienone is 2. The Morgan fingerprint density at radius 1 is 0.707 bits per heavy atom. The highest BCUT2D eigenvalue weighted by atomic mass is 31.2. The predicted molar refractivity (Wildman–Crippen MR) is 164 cm³/mol. The zero-order valence-corrected chi connectivity index (χ0v) is 26.9. The van der Waals surface area contributed by atoms with E-state index in [1.807, 2.05) is 0 Å². The van der Waals surface area contributed by atoms with E-state index in [0.717, 1.165) is 51.4 Å². The molecule has 3 N–H and O–H groups in total. The highest BCUT2D eigenvalue weighted by Crippen LogP contribution is 2.43. The van der Waals surface area contributed by atoms with Crippen molar-refractivity contribution in [1.29, 1.82) is 0 Å². The molecular weight excluding hydrogens is 545 g/mol. The van der Waals surface area contributed by atoms with Crippen molar-refractivity contribution in [2.45, 2.75) is 148 Å². The molecule has 1 unspecified atom stereocenters. The molecule has 0 aromatic rings. The van der Waals surface area contributed by atoms with Gasteiger partial charge in [-0.1, -0.05) is 103 Å². The van der Waals surface area contributed by atoms with Gasteiger partial charge >= 0.3 is 19.8 Å². The summed E-state index contributed by atoms with van der Waals surface area (Å²) in [6, 6.07) is 0. The summed E-state index contributed by atoms with van der Waals surface area (Å²) in [4.78, 5) is 34.3. The summed E-state index contributed by atoms with van der Waals surface area (Å²) in [7, 11) is -4.36. The molecule has 0 rings (SSSR count). The number of nitrogens with two attached hydrogens (primary N) is 1. The molecule has 10 heteroatoms. The Bertz CT molecular complexity index is 704. The Morgan fingerprint density at radius 3 is 1.76 bits per heavy atom. The van der Waals surface area contributed by atoms with Crippen LogP contribution in [0, 0.1) is 0 Å². The number of carbonyl (C=O) groups is 2. The summed E-state index contributed by atoms with van der Waals surface area (Å²) in [5.41, 5.74) is 5.30. The minimum Gasteiger partial charge on any atom is -0.462 e. The smallest absolute Gasteiger partial charge is 0.462 e. The van der Waals surface area contributed by atoms with Gasteiger partial charge in [-0.2, -0.15) is 0 Å². The lowest BCUT2D eigenvalue weighted by Crippen LogP contribution is -2.29. The van der Waals surface area contributed by atoms with Gasteiger partial charge in [-0.05, 0) is 38.5 Å². The fourth-order valence-electron chi connectivity index (χ4n) is 4.21. The van der Waals surface area contributed by atoms with Crippen molar-refractivity contribution in [2.24, 2.45) is 5.73 Å². The second kappa shape index (κ2) is 28.9. The summed E-state index contributed by atoms with van der Waals surface area (Å²) in [5, 5.41) is 0. The van der Waals surface area contributed by atoms with Gasteiger partial charge in [-0.3, -0.25) is 18.6 Å². The SMILES string of the molecule is CCCCCC/C=C/CCCCCCCC(=O)O[C@H](COC(=O)CCCCCCCCC)COP(=O)(O)OCCN. The van der Waals surface area contributed by atoms with Crippen LogP contribution in [0.5, 0.6) is 0 Å². The number of rotatable bonds is 30. The summed E-state index contributed by atoms with van der Waals surface area (Å²) in [6.45, 7) is 3.63. The van der Waals surface area contributed by atoms with Crippen LogP contribution in [-0.4, -0.2) is 49.3 Å². The average Bonchev–Trinajstić information content (AvgIpc) is 2.95. The molecule has 242 valence electrons. The molecule has 0 saturated carbocycles. The Balaban J connectivity index is 4.30. The second-order valence-electron chi connectivity index (χ2n) is 10.7. The molecule has 0 bridgehead atoms. The second-order valence-corrected chi connectivity index (χ2v) is 12.1. The van der Waals surface area contributed by atoms with Crippen molar-refractivity contribution in [3.63, 3.8) is 0 Å². The fourth-order valence-corrected chi connectivity index (χ4v) is 4.98. The molecule has 0 aromatic heterocycles. The van der Waals surface area contributed by atoms with Crippen molar-refractivity contribution < 1.29 is 37.6 Å². The molecule has 0 saturated heterocycles. The lowest BCUT2D eigenvalue weighted by atomic mass is 10.1. The van der Waals surface area contributed by atoms with Gasteiger partial charge in [0.05, 0.1) is 13.2 Å². The molecule has 0 radical (unpaired) electrons. The number of carbonyl (C=O) groups excluding carboxylic acids is 2. The molecule has 0 aliphatic heterocycles. The Morgan fingerprint density at radius 2 is 1.20 bits per heavy atom. The maximum atomic E-state index is 12.4. The van der Waals surface area contributed by atoms with E-state index >= 15 is 0 Å². The van der Waals surface area contributed by atoms with E-state index < -0.39 is 32.5 Å². The van der Waals surface area contributed by atoms with Crippen LogP contribution in [0.15, 0.2) is 12.2 Å². The topological polar surface area (TPSA) is 134 Å². The van der Waals surface area contributed by atoms with Crippen LogP contribution in [0.25, 0.3) is 0 Å². The molecule has 0 spiro atoms. The monoisotopic (exact) mass is 605 g/mol. The Kier molecular flexibility index (Phi) is 28.0. The average molecular weight is 606 g/mol. The van der Waals surface area contributed by atoms with Crippen LogP contribution >= 0.6 is 7.82 Å². The third-order valence-corrected chi connectivity index (χ3v) is 7.64. The Labute approximate surface area is 249 Å². The third-order valence-electron chi connectivity index (χ3n) is 6.65. The molecule has 0 heterocycles. The number of esters is 2. The number of phosphoric ester groups is 1. The number of phosphoric acid groups is 1. The first-order valence-corrected chi connectivity index (χ1v) is 17.7. The fraction of sp³-hybridized carbons (Fsp3) is 0.871. The van der Waals surface area contributed by atoms with E-state index in [9.17, 15) is 19.0 Å². The molecule has 0 fully saturated rings. The van der Waals surface area contributed by atoms with E-state index in [1.54, 1.807) is 0 Å². The highest BCUT2D eigenvalue weighted by molar-refractivity contribution is 7.47. The first kappa shape index (κ1) is 39.8. The van der Waals surface area contributed by atoms with Crippen molar-refractivity contribution in [1.82, 2.24) is 0 Å². The van der Waals surface area contributed by atoms with E-state index in [-0.39, 0.29) is 32.6 Å². The molecule has 0 aliphatic carbocycles. The van der Waals surface area contributed by atoms with Gasteiger partial charge < -0.3 is 20.1 Å². The summed E-state index contributed by atoms with van der Waals surface area (Å²) >= 11 is 0. The predicted octanol–water partition coefficient (Wildman–Crippen LogP) is 7.93. The molecule has 0 amide bonds. The summed E-state index contributed by atoms with van der Waals surface area (Å²) in [5.74, 6) is -0.846. The summed E-state index contributed by atoms with van der Waals surface area (Å²) in [6.07, 6.45) is 24.0. The van der Waals surface area contributed by atoms with E-state index in [0.29, 0.717) is 6.42 Å². The van der Waals surface area contributed by atoms with Crippen LogP contribution in [0.4, 0.5) is 0 Å². The maximum absolute atomic E-state index is 12.4. The maximum Gasteiger partial charge on any atom is 0.472 e. The quantitative estimate of drug-likeness (QED) is 0.0362. The van der Waals surface area contributed by atoms with Gasteiger partial charge in [0.25, 0.3) is 0 Å². The lowest BCUT2D eigenvalue weighted by Gasteiger charge is -2.19. The van der Waals surface area contributed by atoms with Crippen molar-refractivity contribution in [3.8, 4) is 0 Å². The number of unbranched alkanes of at least 4 members (excludes halogenated alkanes) is 15. The van der Waals surface area contributed by atoms with E-state index in [2.05, 4.69) is 26.0 Å². The van der Waals surface area contributed by atoms with Crippen molar-refractivity contribution in [2.75, 3.05) is 26.4 Å². The van der Waals surface area contributed by atoms with Crippen molar-refractivity contribution in [3.05, 3.63) is 12.2 Å². The zero-order chi connectivity index (χ0) is 30.4. The minimum atomic E-state index is -4.36. The highest BCUT2D eigenvalue weighted by Gasteiger charge is 2.25.